The van der Waals surface area contributed by atoms with Gasteiger partial charge in [0.05, 0.1) is 19.1 Å². The van der Waals surface area contributed by atoms with Crippen molar-refractivity contribution in [2.24, 2.45) is 0 Å². The molecule has 19 heavy (non-hydrogen) atoms. The van der Waals surface area contributed by atoms with Gasteiger partial charge in [-0.05, 0) is 25.5 Å². The van der Waals surface area contributed by atoms with E-state index in [2.05, 4.69) is 21.2 Å². The molecule has 1 aromatic carbocycles. The number of nitrogens with one attached hydrogen (secondary N) is 1. The molecule has 0 radical (unpaired) electrons. The normalized spacial score (nSPS) is 11.7. The van der Waals surface area contributed by atoms with Crippen LogP contribution in [0.25, 0.3) is 0 Å². The molecule has 0 bridgehead atoms. The summed E-state index contributed by atoms with van der Waals surface area (Å²) >= 11 is 3.44. The minimum Gasteiger partial charge on any atom is -0.466 e. The van der Waals surface area contributed by atoms with Crippen LogP contribution in [0.4, 0.5) is 0 Å². The van der Waals surface area contributed by atoms with E-state index in [1.807, 2.05) is 31.2 Å². The Kier molecular flexibility index (Phi) is 6.56. The van der Waals surface area contributed by atoms with Crippen LogP contribution in [0, 0.1) is 0 Å². The van der Waals surface area contributed by atoms with Crippen molar-refractivity contribution < 1.29 is 14.3 Å². The minimum atomic E-state index is -0.341. The molecule has 4 nitrogen and oxygen atoms in total. The fourth-order valence-corrected chi connectivity index (χ4v) is 2.29. The van der Waals surface area contributed by atoms with Crippen LogP contribution in [0.2, 0.25) is 0 Å². The molecule has 1 atom stereocenters. The second-order valence-corrected chi connectivity index (χ2v) is 4.97. The van der Waals surface area contributed by atoms with E-state index in [0.29, 0.717) is 6.61 Å². The zero-order valence-electron chi connectivity index (χ0n) is 11.1. The summed E-state index contributed by atoms with van der Waals surface area (Å²) in [5.41, 5.74) is 1.01. The maximum Gasteiger partial charge on any atom is 0.306 e. The Balaban J connectivity index is 2.44. The number of hydrogen-bond acceptors (Lipinski definition) is 3. The van der Waals surface area contributed by atoms with Crippen LogP contribution in [-0.2, 0) is 14.3 Å². The van der Waals surface area contributed by atoms with Crippen molar-refractivity contribution in [3.8, 4) is 0 Å². The molecule has 0 aliphatic carbocycles. The first-order valence-corrected chi connectivity index (χ1v) is 7.03. The highest BCUT2D eigenvalue weighted by Gasteiger charge is 2.13. The predicted molar refractivity (Wildman–Crippen MR) is 76.6 cm³/mol. The van der Waals surface area contributed by atoms with E-state index in [1.54, 1.807) is 6.92 Å². The molecule has 0 fully saturated rings. The fraction of sp³-hybridized carbons (Fsp3) is 0.429. The van der Waals surface area contributed by atoms with Gasteiger partial charge in [-0.15, -0.1) is 0 Å². The lowest BCUT2D eigenvalue weighted by Crippen LogP contribution is -2.27. The van der Waals surface area contributed by atoms with E-state index in [0.717, 1.165) is 10.0 Å². The Labute approximate surface area is 121 Å². The molecule has 0 aliphatic rings. The summed E-state index contributed by atoms with van der Waals surface area (Å²) in [6.45, 7) is 3.99. The van der Waals surface area contributed by atoms with Crippen LogP contribution in [0.1, 0.15) is 38.3 Å². The summed E-state index contributed by atoms with van der Waals surface area (Å²) in [6.07, 6.45) is 0.260. The lowest BCUT2D eigenvalue weighted by molar-refractivity contribution is -0.144. The molecule has 1 aromatic rings. The van der Waals surface area contributed by atoms with Crippen molar-refractivity contribution in [3.05, 3.63) is 34.3 Å². The molecule has 0 aromatic heterocycles. The fourth-order valence-electron chi connectivity index (χ4n) is 1.67. The van der Waals surface area contributed by atoms with Crippen molar-refractivity contribution in [1.29, 1.82) is 0 Å². The Bertz CT molecular complexity index is 448. The molecule has 5 heteroatoms. The molecular weight excluding hydrogens is 310 g/mol. The third-order valence-electron chi connectivity index (χ3n) is 2.61. The maximum absolute atomic E-state index is 11.7. The third-order valence-corrected chi connectivity index (χ3v) is 3.33. The van der Waals surface area contributed by atoms with Gasteiger partial charge in [0.2, 0.25) is 5.91 Å². The van der Waals surface area contributed by atoms with Gasteiger partial charge in [-0.1, -0.05) is 34.1 Å². The van der Waals surface area contributed by atoms with Gasteiger partial charge in [0.15, 0.2) is 0 Å². The monoisotopic (exact) mass is 327 g/mol. The smallest absolute Gasteiger partial charge is 0.306 e. The van der Waals surface area contributed by atoms with Gasteiger partial charge in [-0.2, -0.15) is 0 Å². The summed E-state index contributed by atoms with van der Waals surface area (Å²) in [5, 5.41) is 2.86. The number of hydrogen-bond donors (Lipinski definition) is 1. The first kappa shape index (κ1) is 15.7. The van der Waals surface area contributed by atoms with Crippen molar-refractivity contribution >= 4 is 27.8 Å². The SMILES string of the molecule is CCOC(=O)CCC(=O)N[C@@H](C)c1ccccc1Br. The minimum absolute atomic E-state index is 0.106. The van der Waals surface area contributed by atoms with Crippen LogP contribution in [0.15, 0.2) is 28.7 Å². The number of carbonyl (C=O) groups is 2. The van der Waals surface area contributed by atoms with Gasteiger partial charge >= 0.3 is 5.97 Å². The zero-order chi connectivity index (χ0) is 14.3. The quantitative estimate of drug-likeness (QED) is 0.817. The van der Waals surface area contributed by atoms with Crippen molar-refractivity contribution in [3.63, 3.8) is 0 Å². The Morgan fingerprint density at radius 1 is 1.32 bits per heavy atom. The molecule has 104 valence electrons. The summed E-state index contributed by atoms with van der Waals surface area (Å²) in [5.74, 6) is -0.498. The second-order valence-electron chi connectivity index (χ2n) is 4.12. The summed E-state index contributed by atoms with van der Waals surface area (Å²) in [4.78, 5) is 22.9. The molecule has 1 rings (SSSR count). The first-order valence-electron chi connectivity index (χ1n) is 6.24. The lowest BCUT2D eigenvalue weighted by atomic mass is 10.1. The molecular formula is C14H18BrNO3. The van der Waals surface area contributed by atoms with E-state index in [4.69, 9.17) is 4.74 Å². The summed E-state index contributed by atoms with van der Waals surface area (Å²) in [7, 11) is 0. The van der Waals surface area contributed by atoms with Gasteiger partial charge in [0.1, 0.15) is 0 Å². The van der Waals surface area contributed by atoms with Gasteiger partial charge in [0, 0.05) is 10.9 Å². The molecule has 1 N–H and O–H groups in total. The third kappa shape index (κ3) is 5.42. The molecule has 0 aliphatic heterocycles. The standard InChI is InChI=1S/C14H18BrNO3/c1-3-19-14(18)9-8-13(17)16-10(2)11-6-4-5-7-12(11)15/h4-7,10H,3,8-9H2,1-2H3,(H,16,17)/t10-/m0/s1. The molecule has 0 saturated carbocycles. The number of ether oxygens (including phenoxy) is 1. The van der Waals surface area contributed by atoms with Crippen molar-refractivity contribution in [2.45, 2.75) is 32.7 Å². The molecule has 0 spiro atoms. The number of rotatable bonds is 6. The van der Waals surface area contributed by atoms with Crippen LogP contribution in [-0.4, -0.2) is 18.5 Å². The molecule has 0 heterocycles. The second kappa shape index (κ2) is 7.94. The highest BCUT2D eigenvalue weighted by atomic mass is 79.9. The molecule has 1 amide bonds. The van der Waals surface area contributed by atoms with Crippen LogP contribution < -0.4 is 5.32 Å². The van der Waals surface area contributed by atoms with Crippen LogP contribution >= 0.6 is 15.9 Å². The number of carbonyl (C=O) groups excluding carboxylic acids is 2. The van der Waals surface area contributed by atoms with E-state index in [1.165, 1.54) is 0 Å². The van der Waals surface area contributed by atoms with Crippen molar-refractivity contribution in [1.82, 2.24) is 5.32 Å². The number of amides is 1. The van der Waals surface area contributed by atoms with E-state index in [-0.39, 0.29) is 30.8 Å². The van der Waals surface area contributed by atoms with Crippen LogP contribution in [0.5, 0.6) is 0 Å². The summed E-state index contributed by atoms with van der Waals surface area (Å²) < 4.78 is 5.73. The van der Waals surface area contributed by atoms with Gasteiger partial charge in [-0.3, -0.25) is 9.59 Å². The van der Waals surface area contributed by atoms with Gasteiger partial charge in [-0.25, -0.2) is 0 Å². The average Bonchev–Trinajstić information content (AvgIpc) is 2.37. The predicted octanol–water partition coefficient (Wildman–Crippen LogP) is 2.97. The first-order chi connectivity index (χ1) is 9.04. The largest absolute Gasteiger partial charge is 0.466 e. The maximum atomic E-state index is 11.7. The highest BCUT2D eigenvalue weighted by Crippen LogP contribution is 2.22. The number of esters is 1. The Hall–Kier alpha value is -1.36. The van der Waals surface area contributed by atoms with Crippen LogP contribution in [0.3, 0.4) is 0 Å². The Morgan fingerprint density at radius 3 is 2.63 bits per heavy atom. The van der Waals surface area contributed by atoms with E-state index < -0.39 is 0 Å². The lowest BCUT2D eigenvalue weighted by Gasteiger charge is -2.15. The summed E-state index contributed by atoms with van der Waals surface area (Å²) in [6, 6.07) is 7.60. The van der Waals surface area contributed by atoms with E-state index in [9.17, 15) is 9.59 Å². The van der Waals surface area contributed by atoms with Gasteiger partial charge in [0.25, 0.3) is 0 Å². The van der Waals surface area contributed by atoms with E-state index >= 15 is 0 Å². The Morgan fingerprint density at radius 2 is 2.00 bits per heavy atom. The van der Waals surface area contributed by atoms with Gasteiger partial charge < -0.3 is 10.1 Å². The van der Waals surface area contributed by atoms with Crippen molar-refractivity contribution in [2.75, 3.05) is 6.61 Å². The zero-order valence-corrected chi connectivity index (χ0v) is 12.7. The number of halogens is 1. The molecule has 0 unspecified atom stereocenters. The number of benzene rings is 1. The molecule has 0 saturated heterocycles. The highest BCUT2D eigenvalue weighted by molar-refractivity contribution is 9.10. The topological polar surface area (TPSA) is 55.4 Å². The average molecular weight is 328 g/mol.